The van der Waals surface area contributed by atoms with E-state index >= 15 is 0 Å². The lowest BCUT2D eigenvalue weighted by atomic mass is 10.3. The molecule has 3 aromatic heterocycles. The summed E-state index contributed by atoms with van der Waals surface area (Å²) >= 11 is 3.36. The maximum Gasteiger partial charge on any atom is 0.453 e. The van der Waals surface area contributed by atoms with Crippen molar-refractivity contribution in [1.82, 2.24) is 29.6 Å². The topological polar surface area (TPSA) is 64.1 Å². The lowest BCUT2D eigenvalue weighted by Gasteiger charge is -2.17. The highest BCUT2D eigenvalue weighted by Gasteiger charge is 2.38. The van der Waals surface area contributed by atoms with Gasteiger partial charge >= 0.3 is 6.18 Å². The maximum atomic E-state index is 13.0. The van der Waals surface area contributed by atoms with Crippen molar-refractivity contribution in [2.45, 2.75) is 18.6 Å². The Bertz CT molecular complexity index is 887. The van der Waals surface area contributed by atoms with Crippen LogP contribution in [0.15, 0.2) is 29.0 Å². The smallest absolute Gasteiger partial charge is 0.353 e. The van der Waals surface area contributed by atoms with Gasteiger partial charge in [-0.15, -0.1) is 15.3 Å². The molecule has 4 rings (SSSR count). The van der Waals surface area contributed by atoms with Gasteiger partial charge in [-0.3, -0.25) is 4.68 Å². The summed E-state index contributed by atoms with van der Waals surface area (Å²) in [6.07, 6.45) is -0.172. The minimum absolute atomic E-state index is 0.0674. The molecule has 1 unspecified atom stereocenters. The number of fused-ring (bicyclic) bond motifs is 1. The van der Waals surface area contributed by atoms with Crippen LogP contribution in [0.1, 0.15) is 18.3 Å². The van der Waals surface area contributed by atoms with E-state index in [9.17, 15) is 13.2 Å². The third-order valence-corrected chi connectivity index (χ3v) is 4.34. The Morgan fingerprint density at radius 2 is 2.04 bits per heavy atom. The zero-order chi connectivity index (χ0) is 16.9. The summed E-state index contributed by atoms with van der Waals surface area (Å²) in [7, 11) is 0. The van der Waals surface area contributed by atoms with Crippen LogP contribution in [0.5, 0.6) is 0 Å². The van der Waals surface area contributed by atoms with Gasteiger partial charge in [-0.1, -0.05) is 0 Å². The van der Waals surface area contributed by atoms with E-state index in [0.717, 1.165) is 15.4 Å². The molecule has 0 amide bonds. The highest BCUT2D eigenvalue weighted by molar-refractivity contribution is 9.10. The number of rotatable bonds is 2. The van der Waals surface area contributed by atoms with Gasteiger partial charge in [0.15, 0.2) is 5.65 Å². The summed E-state index contributed by atoms with van der Waals surface area (Å²) in [5, 5.41) is 15.0. The largest absolute Gasteiger partial charge is 0.453 e. The summed E-state index contributed by atoms with van der Waals surface area (Å²) in [5.41, 5.74) is 0.0674. The van der Waals surface area contributed by atoms with Crippen molar-refractivity contribution in [3.63, 3.8) is 0 Å². The van der Waals surface area contributed by atoms with Gasteiger partial charge in [0.05, 0.1) is 16.7 Å². The van der Waals surface area contributed by atoms with Crippen LogP contribution in [0.2, 0.25) is 0 Å². The van der Waals surface area contributed by atoms with Crippen LogP contribution < -0.4 is 4.90 Å². The summed E-state index contributed by atoms with van der Waals surface area (Å²) in [4.78, 5) is 1.93. The number of hydrogen-bond donors (Lipinski definition) is 0. The highest BCUT2D eigenvalue weighted by Crippen LogP contribution is 2.29. The van der Waals surface area contributed by atoms with Gasteiger partial charge in [0, 0.05) is 19.3 Å². The SMILES string of the molecule is FC(F)(F)c1nnc2ccc(N3CCC(n4cc(Br)cn4)C3)nn12. The molecule has 3 aromatic rings. The molecule has 1 aliphatic heterocycles. The fourth-order valence-electron chi connectivity index (χ4n) is 2.81. The van der Waals surface area contributed by atoms with Crippen LogP contribution in [0.3, 0.4) is 0 Å². The van der Waals surface area contributed by atoms with Gasteiger partial charge in [0.2, 0.25) is 0 Å². The number of halogens is 4. The van der Waals surface area contributed by atoms with Crippen molar-refractivity contribution in [3.8, 4) is 0 Å². The number of nitrogens with zero attached hydrogens (tertiary/aromatic N) is 7. The molecule has 11 heteroatoms. The second-order valence-corrected chi connectivity index (χ2v) is 6.43. The molecule has 0 aliphatic carbocycles. The predicted molar refractivity (Wildman–Crippen MR) is 81.6 cm³/mol. The quantitative estimate of drug-likeness (QED) is 0.660. The van der Waals surface area contributed by atoms with Gasteiger partial charge in [-0.2, -0.15) is 22.8 Å². The number of aromatic nitrogens is 6. The molecule has 0 N–H and O–H groups in total. The molecule has 0 spiro atoms. The third kappa shape index (κ3) is 2.62. The third-order valence-electron chi connectivity index (χ3n) is 3.93. The summed E-state index contributed by atoms with van der Waals surface area (Å²) < 4.78 is 42.3. The van der Waals surface area contributed by atoms with Crippen molar-refractivity contribution in [2.24, 2.45) is 0 Å². The lowest BCUT2D eigenvalue weighted by molar-refractivity contribution is -0.146. The second kappa shape index (κ2) is 5.43. The lowest BCUT2D eigenvalue weighted by Crippen LogP contribution is -2.23. The van der Waals surface area contributed by atoms with Gasteiger partial charge < -0.3 is 4.90 Å². The fourth-order valence-corrected chi connectivity index (χ4v) is 3.11. The molecule has 0 saturated carbocycles. The molecule has 4 heterocycles. The van der Waals surface area contributed by atoms with E-state index < -0.39 is 12.0 Å². The van der Waals surface area contributed by atoms with Crippen LogP contribution in [0.4, 0.5) is 19.0 Å². The standard InChI is InChI=1S/C13H11BrF3N7/c14-8-5-18-23(6-8)9-3-4-22(7-9)11-2-1-10-19-20-12(13(15,16)17)24(10)21-11/h1-2,5-6,9H,3-4,7H2. The monoisotopic (exact) mass is 401 g/mol. The van der Waals surface area contributed by atoms with Crippen molar-refractivity contribution in [1.29, 1.82) is 0 Å². The first-order chi connectivity index (χ1) is 11.4. The van der Waals surface area contributed by atoms with Crippen molar-refractivity contribution in [2.75, 3.05) is 18.0 Å². The van der Waals surface area contributed by atoms with Gasteiger partial charge in [-0.05, 0) is 34.5 Å². The van der Waals surface area contributed by atoms with Crippen LogP contribution in [0, 0.1) is 0 Å². The molecule has 1 saturated heterocycles. The van der Waals surface area contributed by atoms with E-state index in [0.29, 0.717) is 18.9 Å². The molecular weight excluding hydrogens is 391 g/mol. The van der Waals surface area contributed by atoms with Gasteiger partial charge in [0.25, 0.3) is 5.82 Å². The summed E-state index contributed by atoms with van der Waals surface area (Å²) in [6.45, 7) is 1.31. The predicted octanol–water partition coefficient (Wildman–Crippen LogP) is 2.55. The van der Waals surface area contributed by atoms with E-state index in [2.05, 4.69) is 36.3 Å². The van der Waals surface area contributed by atoms with E-state index in [1.807, 2.05) is 15.8 Å². The Kier molecular flexibility index (Phi) is 3.48. The van der Waals surface area contributed by atoms with E-state index in [4.69, 9.17) is 0 Å². The zero-order valence-electron chi connectivity index (χ0n) is 12.2. The number of hydrogen-bond acceptors (Lipinski definition) is 5. The van der Waals surface area contributed by atoms with Crippen LogP contribution in [-0.2, 0) is 6.18 Å². The molecule has 1 atom stereocenters. The number of anilines is 1. The number of alkyl halides is 3. The molecule has 0 bridgehead atoms. The maximum absolute atomic E-state index is 13.0. The van der Waals surface area contributed by atoms with Gasteiger partial charge in [-0.25, -0.2) is 0 Å². The van der Waals surface area contributed by atoms with Crippen LogP contribution >= 0.6 is 15.9 Å². The molecule has 24 heavy (non-hydrogen) atoms. The summed E-state index contributed by atoms with van der Waals surface area (Å²) in [6, 6.07) is 3.30. The van der Waals surface area contributed by atoms with Crippen molar-refractivity contribution in [3.05, 3.63) is 34.8 Å². The molecule has 0 aromatic carbocycles. The van der Waals surface area contributed by atoms with E-state index in [-0.39, 0.29) is 11.7 Å². The molecule has 7 nitrogen and oxygen atoms in total. The van der Waals surface area contributed by atoms with Crippen LogP contribution in [-0.4, -0.2) is 42.7 Å². The molecule has 0 radical (unpaired) electrons. The minimum Gasteiger partial charge on any atom is -0.353 e. The zero-order valence-corrected chi connectivity index (χ0v) is 13.7. The Morgan fingerprint density at radius 1 is 1.21 bits per heavy atom. The molecule has 126 valence electrons. The molecule has 1 fully saturated rings. The first kappa shape index (κ1) is 15.4. The Labute approximate surface area is 142 Å². The van der Waals surface area contributed by atoms with Crippen molar-refractivity contribution < 1.29 is 13.2 Å². The first-order valence-electron chi connectivity index (χ1n) is 7.16. The Morgan fingerprint density at radius 3 is 2.75 bits per heavy atom. The van der Waals surface area contributed by atoms with Crippen LogP contribution in [0.25, 0.3) is 5.65 Å². The normalized spacial score (nSPS) is 18.7. The first-order valence-corrected chi connectivity index (χ1v) is 7.95. The average Bonchev–Trinajstić information content (AvgIpc) is 3.23. The Balaban J connectivity index is 1.63. The fraction of sp³-hybridized carbons (Fsp3) is 0.385. The Hall–Kier alpha value is -2.17. The molecule has 1 aliphatic rings. The van der Waals surface area contributed by atoms with E-state index in [1.54, 1.807) is 12.3 Å². The second-order valence-electron chi connectivity index (χ2n) is 5.51. The average molecular weight is 402 g/mol. The minimum atomic E-state index is -4.60. The molecular formula is C13H11BrF3N7. The van der Waals surface area contributed by atoms with Gasteiger partial charge in [0.1, 0.15) is 5.82 Å². The van der Waals surface area contributed by atoms with Crippen molar-refractivity contribution >= 4 is 27.4 Å². The highest BCUT2D eigenvalue weighted by atomic mass is 79.9. The van der Waals surface area contributed by atoms with E-state index in [1.165, 1.54) is 6.07 Å². The summed E-state index contributed by atoms with van der Waals surface area (Å²) in [5.74, 6) is -0.660.